The number of rotatable bonds is 0. The molecule has 0 aliphatic heterocycles. The molecule has 0 unspecified atom stereocenters. The molecule has 2 nitrogen and oxygen atoms in total. The van der Waals surface area contributed by atoms with Gasteiger partial charge in [-0.1, -0.05) is 11.6 Å². The maximum atomic E-state index is 13.0. The zero-order valence-corrected chi connectivity index (χ0v) is 8.67. The number of fused-ring (bicyclic) bond motifs is 1. The van der Waals surface area contributed by atoms with Crippen molar-refractivity contribution in [1.82, 2.24) is 9.97 Å². The van der Waals surface area contributed by atoms with Crippen molar-refractivity contribution in [2.45, 2.75) is 0 Å². The van der Waals surface area contributed by atoms with Crippen LogP contribution in [0.2, 0.25) is 5.15 Å². The van der Waals surface area contributed by atoms with E-state index >= 15 is 0 Å². The van der Waals surface area contributed by atoms with Gasteiger partial charge in [-0.3, -0.25) is 0 Å². The zero-order valence-electron chi connectivity index (χ0n) is 5.51. The molecule has 6 heteroatoms. The Labute approximate surface area is 84.5 Å². The van der Waals surface area contributed by atoms with Crippen LogP contribution in [0, 0.1) is 5.82 Å². The summed E-state index contributed by atoms with van der Waals surface area (Å²) in [4.78, 5) is 7.61. The average Bonchev–Trinajstić information content (AvgIpc) is 2.41. The van der Waals surface area contributed by atoms with E-state index in [2.05, 4.69) is 25.9 Å². The van der Waals surface area contributed by atoms with E-state index < -0.39 is 5.82 Å². The molecule has 0 N–H and O–H groups in total. The quantitative estimate of drug-likeness (QED) is 0.685. The number of pyridine rings is 1. The van der Waals surface area contributed by atoms with Crippen LogP contribution in [0.1, 0.15) is 0 Å². The van der Waals surface area contributed by atoms with Gasteiger partial charge in [0.25, 0.3) is 0 Å². The highest BCUT2D eigenvalue weighted by atomic mass is 79.9. The second-order valence-electron chi connectivity index (χ2n) is 2.04. The molecule has 0 saturated heterocycles. The SMILES string of the molecule is Fc1cnc(Cl)c2nc(Br)sc12. The third kappa shape index (κ3) is 1.22. The van der Waals surface area contributed by atoms with Crippen molar-refractivity contribution in [2.75, 3.05) is 0 Å². The molecule has 0 spiro atoms. The predicted molar refractivity (Wildman–Crippen MR) is 50.1 cm³/mol. The average molecular weight is 268 g/mol. The summed E-state index contributed by atoms with van der Waals surface area (Å²) in [5.74, 6) is -0.391. The number of thiazole rings is 1. The van der Waals surface area contributed by atoms with Crippen LogP contribution in [0.4, 0.5) is 4.39 Å². The third-order valence-electron chi connectivity index (χ3n) is 1.30. The fraction of sp³-hybridized carbons (Fsp3) is 0. The first-order chi connectivity index (χ1) is 5.68. The molecule has 62 valence electrons. The highest BCUT2D eigenvalue weighted by Crippen LogP contribution is 2.31. The lowest BCUT2D eigenvalue weighted by molar-refractivity contribution is 0.635. The van der Waals surface area contributed by atoms with Crippen molar-refractivity contribution < 1.29 is 4.39 Å². The summed E-state index contributed by atoms with van der Waals surface area (Å²) in [5, 5.41) is 0.230. The summed E-state index contributed by atoms with van der Waals surface area (Å²) < 4.78 is 14.0. The van der Waals surface area contributed by atoms with Crippen molar-refractivity contribution >= 4 is 49.1 Å². The molecule has 0 bridgehead atoms. The molecular weight excluding hydrogens is 267 g/mol. The van der Waals surface area contributed by atoms with E-state index in [0.717, 1.165) is 6.20 Å². The van der Waals surface area contributed by atoms with Crippen molar-refractivity contribution in [3.63, 3.8) is 0 Å². The summed E-state index contributed by atoms with van der Waals surface area (Å²) in [6.45, 7) is 0. The lowest BCUT2D eigenvalue weighted by Crippen LogP contribution is -1.80. The van der Waals surface area contributed by atoms with Gasteiger partial charge in [-0.2, -0.15) is 0 Å². The first-order valence-corrected chi connectivity index (χ1v) is 4.93. The Morgan fingerprint density at radius 3 is 3.00 bits per heavy atom. The van der Waals surface area contributed by atoms with E-state index in [1.165, 1.54) is 11.3 Å². The van der Waals surface area contributed by atoms with Gasteiger partial charge in [0.2, 0.25) is 0 Å². The van der Waals surface area contributed by atoms with E-state index in [9.17, 15) is 4.39 Å². The summed E-state index contributed by atoms with van der Waals surface area (Å²) in [5.41, 5.74) is 0.411. The molecule has 0 amide bonds. The summed E-state index contributed by atoms with van der Waals surface area (Å²) in [7, 11) is 0. The molecule has 0 atom stereocenters. The van der Waals surface area contributed by atoms with E-state index in [0.29, 0.717) is 14.1 Å². The minimum absolute atomic E-state index is 0.230. The van der Waals surface area contributed by atoms with Crippen LogP contribution >= 0.6 is 38.9 Å². The van der Waals surface area contributed by atoms with Gasteiger partial charge in [0.1, 0.15) is 5.52 Å². The van der Waals surface area contributed by atoms with Crippen molar-refractivity contribution in [2.24, 2.45) is 0 Å². The Kier molecular flexibility index (Phi) is 2.02. The Bertz CT molecular complexity index is 405. The fourth-order valence-electron chi connectivity index (χ4n) is 0.829. The fourth-order valence-corrected chi connectivity index (χ4v) is 2.43. The first-order valence-electron chi connectivity index (χ1n) is 2.94. The van der Waals surface area contributed by atoms with E-state index in [1.807, 2.05) is 0 Å². The van der Waals surface area contributed by atoms with Crippen LogP contribution in [0.3, 0.4) is 0 Å². The minimum Gasteiger partial charge on any atom is -0.239 e. The van der Waals surface area contributed by atoms with Crippen molar-refractivity contribution in [3.8, 4) is 0 Å². The molecular formula is C6HBrClFN2S. The van der Waals surface area contributed by atoms with E-state index in [4.69, 9.17) is 11.6 Å². The highest BCUT2D eigenvalue weighted by Gasteiger charge is 2.10. The van der Waals surface area contributed by atoms with Gasteiger partial charge in [0.05, 0.1) is 10.9 Å². The Morgan fingerprint density at radius 2 is 2.33 bits per heavy atom. The lowest BCUT2D eigenvalue weighted by atomic mass is 10.4. The number of nitrogens with zero attached hydrogens (tertiary/aromatic N) is 2. The molecule has 0 fully saturated rings. The number of aromatic nitrogens is 2. The molecule has 0 aromatic carbocycles. The molecule has 12 heavy (non-hydrogen) atoms. The molecule has 0 aliphatic carbocycles. The molecule has 2 aromatic heterocycles. The minimum atomic E-state index is -0.391. The van der Waals surface area contributed by atoms with Crippen LogP contribution in [0.25, 0.3) is 10.2 Å². The van der Waals surface area contributed by atoms with Gasteiger partial charge in [-0.05, 0) is 15.9 Å². The molecule has 2 rings (SSSR count). The monoisotopic (exact) mass is 266 g/mol. The maximum Gasteiger partial charge on any atom is 0.161 e. The number of hydrogen-bond acceptors (Lipinski definition) is 3. The molecule has 2 aromatic rings. The topological polar surface area (TPSA) is 25.8 Å². The Balaban J connectivity index is 2.93. The van der Waals surface area contributed by atoms with Gasteiger partial charge in [-0.25, -0.2) is 14.4 Å². The summed E-state index contributed by atoms with van der Waals surface area (Å²) in [6.07, 6.45) is 1.09. The molecule has 0 aliphatic rings. The second kappa shape index (κ2) is 2.90. The molecule has 2 heterocycles. The Hall–Kier alpha value is -0.260. The van der Waals surface area contributed by atoms with Gasteiger partial charge < -0.3 is 0 Å². The van der Waals surface area contributed by atoms with Crippen molar-refractivity contribution in [1.29, 1.82) is 0 Å². The van der Waals surface area contributed by atoms with Gasteiger partial charge in [-0.15, -0.1) is 11.3 Å². The van der Waals surface area contributed by atoms with Gasteiger partial charge in [0, 0.05) is 0 Å². The number of hydrogen-bond donors (Lipinski definition) is 0. The van der Waals surface area contributed by atoms with Crippen molar-refractivity contribution in [3.05, 3.63) is 21.1 Å². The van der Waals surface area contributed by atoms with Gasteiger partial charge in [0.15, 0.2) is 14.9 Å². The van der Waals surface area contributed by atoms with Crippen LogP contribution in [0.15, 0.2) is 10.1 Å². The summed E-state index contributed by atoms with van der Waals surface area (Å²) >= 11 is 10.0. The summed E-state index contributed by atoms with van der Waals surface area (Å²) in [6, 6.07) is 0. The lowest BCUT2D eigenvalue weighted by Gasteiger charge is -1.90. The van der Waals surface area contributed by atoms with Crippen LogP contribution in [-0.4, -0.2) is 9.97 Å². The highest BCUT2D eigenvalue weighted by molar-refractivity contribution is 9.11. The zero-order chi connectivity index (χ0) is 8.72. The molecule has 0 radical (unpaired) electrons. The molecule has 0 saturated carbocycles. The smallest absolute Gasteiger partial charge is 0.161 e. The number of halogens is 3. The van der Waals surface area contributed by atoms with Crippen LogP contribution in [0.5, 0.6) is 0 Å². The first kappa shape index (κ1) is 8.34. The second-order valence-corrected chi connectivity index (χ2v) is 4.67. The largest absolute Gasteiger partial charge is 0.239 e. The standard InChI is InChI=1S/C6HBrClFN2S/c7-6-11-3-4(12-6)2(9)1-10-5(3)8/h1H. The Morgan fingerprint density at radius 1 is 1.58 bits per heavy atom. The van der Waals surface area contributed by atoms with Gasteiger partial charge >= 0.3 is 0 Å². The van der Waals surface area contributed by atoms with E-state index in [-0.39, 0.29) is 5.15 Å². The maximum absolute atomic E-state index is 13.0. The van der Waals surface area contributed by atoms with Crippen LogP contribution in [-0.2, 0) is 0 Å². The normalized spacial score (nSPS) is 10.9. The van der Waals surface area contributed by atoms with E-state index in [1.54, 1.807) is 0 Å². The van der Waals surface area contributed by atoms with Crippen LogP contribution < -0.4 is 0 Å². The predicted octanol–water partition coefficient (Wildman–Crippen LogP) is 3.25. The third-order valence-corrected chi connectivity index (χ3v) is 3.10.